The van der Waals surface area contributed by atoms with Crippen LogP contribution in [0.5, 0.6) is 0 Å². The van der Waals surface area contributed by atoms with Gasteiger partial charge in [0.1, 0.15) is 0 Å². The fourth-order valence-corrected chi connectivity index (χ4v) is 0.253. The van der Waals surface area contributed by atoms with Crippen LogP contribution >= 0.6 is 11.6 Å². The van der Waals surface area contributed by atoms with E-state index in [0.29, 0.717) is 0 Å². The molecule has 0 heterocycles. The summed E-state index contributed by atoms with van der Waals surface area (Å²) in [5.41, 5.74) is 1.22. The van der Waals surface area contributed by atoms with Crippen molar-refractivity contribution >= 4 is 23.5 Å². The lowest BCUT2D eigenvalue weighted by Crippen LogP contribution is -2.07. The maximum Gasteiger partial charge on any atom is 0.327 e. The number of aliphatic hydroxyl groups is 1. The van der Waals surface area contributed by atoms with Gasteiger partial charge in [-0.3, -0.25) is 4.79 Å². The summed E-state index contributed by atoms with van der Waals surface area (Å²) in [6, 6.07) is 0. The molecule has 1 unspecified atom stereocenters. The Hall–Kier alpha value is -1.33. The maximum absolute atomic E-state index is 9.65. The number of rotatable bonds is 3. The summed E-state index contributed by atoms with van der Waals surface area (Å²) >= 11 is 4.76. The maximum atomic E-state index is 9.65. The summed E-state index contributed by atoms with van der Waals surface area (Å²) in [6.07, 6.45) is -0.0579. The molecule has 0 rings (SSSR count). The molecular formula is C9H15ClO5. The molecule has 0 aromatic carbocycles. The van der Waals surface area contributed by atoms with Gasteiger partial charge in [0.15, 0.2) is 0 Å². The van der Waals surface area contributed by atoms with E-state index in [1.165, 1.54) is 12.5 Å². The molecule has 0 saturated heterocycles. The number of carbonyl (C=O) groups is 2. The molecule has 0 spiro atoms. The Kier molecular flexibility index (Phi) is 19.5. The van der Waals surface area contributed by atoms with E-state index >= 15 is 0 Å². The quantitative estimate of drug-likeness (QED) is 0.647. The number of halogens is 1. The van der Waals surface area contributed by atoms with Crippen LogP contribution in [0.3, 0.4) is 0 Å². The number of hydrogen-bond donors (Lipinski definition) is 3. The van der Waals surface area contributed by atoms with Crippen molar-refractivity contribution in [3.05, 3.63) is 24.8 Å². The van der Waals surface area contributed by atoms with E-state index < -0.39 is 18.0 Å². The third-order valence-corrected chi connectivity index (χ3v) is 0.645. The highest BCUT2D eigenvalue weighted by molar-refractivity contribution is 6.25. The highest BCUT2D eigenvalue weighted by Gasteiger charge is 2.00. The standard InChI is InChI=1S/C4H8O3.C3H4O2.C2H3Cl/c1-3(5)2-4(6)7;1-2-3(4)5;1-2-3/h3,5H,2H2,1H3,(H,6,7);2H,1H2,(H,4,5);2H,1H2. The van der Waals surface area contributed by atoms with Crippen molar-refractivity contribution in [2.75, 3.05) is 0 Å². The van der Waals surface area contributed by atoms with Gasteiger partial charge in [0.2, 0.25) is 0 Å². The minimum absolute atomic E-state index is 0.167. The van der Waals surface area contributed by atoms with Crippen LogP contribution in [0.4, 0.5) is 0 Å². The first-order chi connectivity index (χ1) is 6.81. The second-order valence-electron chi connectivity index (χ2n) is 2.14. The van der Waals surface area contributed by atoms with E-state index in [-0.39, 0.29) is 6.42 Å². The summed E-state index contributed by atoms with van der Waals surface area (Å²) < 4.78 is 0. The van der Waals surface area contributed by atoms with Crippen LogP contribution in [-0.2, 0) is 9.59 Å². The molecule has 0 aromatic rings. The molecule has 0 aliphatic rings. The topological polar surface area (TPSA) is 94.8 Å². The zero-order chi connectivity index (χ0) is 12.9. The van der Waals surface area contributed by atoms with Gasteiger partial charge in [0, 0.05) is 6.08 Å². The second kappa shape index (κ2) is 15.2. The number of hydrogen-bond acceptors (Lipinski definition) is 3. The molecule has 0 amide bonds. The smallest absolute Gasteiger partial charge is 0.327 e. The predicted molar refractivity (Wildman–Crippen MR) is 57.8 cm³/mol. The van der Waals surface area contributed by atoms with Crippen LogP contribution in [0, 0.1) is 0 Å². The molecule has 15 heavy (non-hydrogen) atoms. The van der Waals surface area contributed by atoms with E-state index in [4.69, 9.17) is 26.9 Å². The van der Waals surface area contributed by atoms with Gasteiger partial charge in [-0.15, -0.1) is 0 Å². The van der Waals surface area contributed by atoms with Crippen LogP contribution in [-0.4, -0.2) is 33.4 Å². The molecule has 0 fully saturated rings. The highest BCUT2D eigenvalue weighted by atomic mass is 35.5. The van der Waals surface area contributed by atoms with Gasteiger partial charge in [0.05, 0.1) is 12.5 Å². The average Bonchev–Trinajstić information content (AvgIpc) is 2.04. The van der Waals surface area contributed by atoms with Crippen molar-refractivity contribution in [3.8, 4) is 0 Å². The van der Waals surface area contributed by atoms with Gasteiger partial charge in [-0.1, -0.05) is 24.8 Å². The molecular weight excluding hydrogens is 224 g/mol. The molecule has 3 N–H and O–H groups in total. The zero-order valence-electron chi connectivity index (χ0n) is 8.39. The SMILES string of the molecule is C=CC(=O)O.C=CCl.CC(O)CC(=O)O. The van der Waals surface area contributed by atoms with Crippen molar-refractivity contribution in [1.82, 2.24) is 0 Å². The van der Waals surface area contributed by atoms with Gasteiger partial charge in [0.25, 0.3) is 0 Å². The van der Waals surface area contributed by atoms with Gasteiger partial charge in [-0.05, 0) is 12.5 Å². The molecule has 0 radical (unpaired) electrons. The summed E-state index contributed by atoms with van der Waals surface area (Å²) in [6.45, 7) is 7.53. The molecule has 88 valence electrons. The molecule has 0 saturated carbocycles. The Morgan fingerprint density at radius 3 is 1.67 bits per heavy atom. The Balaban J connectivity index is -0.000000158. The van der Waals surface area contributed by atoms with Crippen molar-refractivity contribution in [1.29, 1.82) is 0 Å². The monoisotopic (exact) mass is 238 g/mol. The summed E-state index contributed by atoms with van der Waals surface area (Å²) in [4.78, 5) is 18.9. The first-order valence-corrected chi connectivity index (χ1v) is 4.21. The lowest BCUT2D eigenvalue weighted by atomic mass is 10.3. The Morgan fingerprint density at radius 2 is 1.67 bits per heavy atom. The minimum Gasteiger partial charge on any atom is -0.481 e. The summed E-state index contributed by atoms with van der Waals surface area (Å²) in [7, 11) is 0. The van der Waals surface area contributed by atoms with Crippen molar-refractivity contribution in [2.45, 2.75) is 19.4 Å². The van der Waals surface area contributed by atoms with Crippen LogP contribution < -0.4 is 0 Å². The van der Waals surface area contributed by atoms with Crippen LogP contribution in [0.25, 0.3) is 0 Å². The number of aliphatic carboxylic acids is 2. The van der Waals surface area contributed by atoms with E-state index in [1.54, 1.807) is 0 Å². The largest absolute Gasteiger partial charge is 0.481 e. The van der Waals surface area contributed by atoms with Crippen molar-refractivity contribution < 1.29 is 24.9 Å². The zero-order valence-corrected chi connectivity index (χ0v) is 9.15. The number of carboxylic acid groups (broad SMARTS) is 2. The Bertz CT molecular complexity index is 201. The number of aliphatic hydroxyl groups excluding tert-OH is 1. The second-order valence-corrected chi connectivity index (χ2v) is 2.45. The summed E-state index contributed by atoms with van der Waals surface area (Å²) in [5, 5.41) is 23.9. The first kappa shape index (κ1) is 19.3. The van der Waals surface area contributed by atoms with E-state index in [2.05, 4.69) is 13.2 Å². The predicted octanol–water partition coefficient (Wildman–Crippen LogP) is 1.47. The molecule has 0 aliphatic heterocycles. The summed E-state index contributed by atoms with van der Waals surface area (Å²) in [5.74, 6) is -1.94. The third kappa shape index (κ3) is 66.1. The van der Waals surface area contributed by atoms with Crippen LogP contribution in [0.15, 0.2) is 24.8 Å². The molecule has 6 heteroatoms. The number of carboxylic acids is 2. The Morgan fingerprint density at radius 1 is 1.40 bits per heavy atom. The first-order valence-electron chi connectivity index (χ1n) is 3.78. The van der Waals surface area contributed by atoms with E-state index in [1.807, 2.05) is 0 Å². The molecule has 0 aliphatic carbocycles. The highest BCUT2D eigenvalue weighted by Crippen LogP contribution is 1.85. The van der Waals surface area contributed by atoms with Gasteiger partial charge < -0.3 is 15.3 Å². The molecule has 5 nitrogen and oxygen atoms in total. The third-order valence-electron chi connectivity index (χ3n) is 0.645. The van der Waals surface area contributed by atoms with Crippen LogP contribution in [0.2, 0.25) is 0 Å². The fourth-order valence-electron chi connectivity index (χ4n) is 0.253. The van der Waals surface area contributed by atoms with Crippen LogP contribution in [0.1, 0.15) is 13.3 Å². The average molecular weight is 239 g/mol. The normalized spacial score (nSPS) is 9.27. The van der Waals surface area contributed by atoms with Crippen molar-refractivity contribution in [2.24, 2.45) is 0 Å². The lowest BCUT2D eigenvalue weighted by molar-refractivity contribution is -0.139. The van der Waals surface area contributed by atoms with Gasteiger partial charge in [-0.2, -0.15) is 0 Å². The fraction of sp³-hybridized carbons (Fsp3) is 0.333. The van der Waals surface area contributed by atoms with Gasteiger partial charge in [-0.25, -0.2) is 4.79 Å². The van der Waals surface area contributed by atoms with Gasteiger partial charge >= 0.3 is 11.9 Å². The molecule has 0 bridgehead atoms. The molecule has 0 aromatic heterocycles. The Labute approximate surface area is 93.3 Å². The minimum atomic E-state index is -0.981. The molecule has 1 atom stereocenters. The lowest BCUT2D eigenvalue weighted by Gasteiger charge is -1.94. The van der Waals surface area contributed by atoms with Crippen molar-refractivity contribution in [3.63, 3.8) is 0 Å². The van der Waals surface area contributed by atoms with E-state index in [9.17, 15) is 9.59 Å². The van der Waals surface area contributed by atoms with E-state index in [0.717, 1.165) is 6.08 Å².